The molecule has 1 fully saturated rings. The Morgan fingerprint density at radius 2 is 1.81 bits per heavy atom. The third-order valence-corrected chi connectivity index (χ3v) is 6.95. The number of sulfonamides is 1. The van der Waals surface area contributed by atoms with E-state index in [0.29, 0.717) is 0 Å². The normalized spacial score (nSPS) is 16.6. The minimum Gasteiger partial charge on any atom is -0.322 e. The van der Waals surface area contributed by atoms with Gasteiger partial charge in [-0.3, -0.25) is 19.8 Å². The highest BCUT2D eigenvalue weighted by Crippen LogP contribution is 2.23. The fraction of sp³-hybridized carbons (Fsp3) is 0.316. The molecule has 1 aliphatic heterocycles. The van der Waals surface area contributed by atoms with E-state index < -0.39 is 38.5 Å². The number of nitro benzene ring substituents is 1. The van der Waals surface area contributed by atoms with Crippen molar-refractivity contribution in [2.75, 3.05) is 31.5 Å². The Morgan fingerprint density at radius 1 is 1.13 bits per heavy atom. The number of nitrogens with zero attached hydrogens (tertiary/aromatic N) is 3. The zero-order chi connectivity index (χ0) is 22.8. The van der Waals surface area contributed by atoms with Gasteiger partial charge in [0.1, 0.15) is 11.6 Å². The fourth-order valence-electron chi connectivity index (χ4n) is 3.23. The lowest BCUT2D eigenvalue weighted by molar-refractivity contribution is -0.385. The van der Waals surface area contributed by atoms with Crippen molar-refractivity contribution in [1.29, 1.82) is 0 Å². The van der Waals surface area contributed by atoms with Gasteiger partial charge >= 0.3 is 0 Å². The van der Waals surface area contributed by atoms with Gasteiger partial charge in [-0.2, -0.15) is 4.31 Å². The number of benzene rings is 2. The smallest absolute Gasteiger partial charge is 0.270 e. The van der Waals surface area contributed by atoms with Gasteiger partial charge in [0.2, 0.25) is 15.9 Å². The fourth-order valence-corrected chi connectivity index (χ4v) is 4.70. The van der Waals surface area contributed by atoms with E-state index in [1.807, 2.05) is 0 Å². The lowest BCUT2D eigenvalue weighted by Crippen LogP contribution is -2.53. The van der Waals surface area contributed by atoms with Crippen LogP contribution < -0.4 is 5.32 Å². The molecule has 1 atom stereocenters. The summed E-state index contributed by atoms with van der Waals surface area (Å²) in [6, 6.07) is 6.82. The van der Waals surface area contributed by atoms with Gasteiger partial charge in [-0.1, -0.05) is 6.07 Å². The number of carbonyl (C=O) groups is 1. The van der Waals surface area contributed by atoms with Crippen molar-refractivity contribution in [3.8, 4) is 0 Å². The molecule has 1 heterocycles. The monoisotopic (exact) mass is 454 g/mol. The molecule has 1 amide bonds. The quantitative estimate of drug-likeness (QED) is 0.529. The van der Waals surface area contributed by atoms with E-state index in [0.717, 1.165) is 24.3 Å². The molecule has 166 valence electrons. The molecule has 3 rings (SSSR count). The third-order valence-electron chi connectivity index (χ3n) is 5.05. The number of nitro groups is 1. The van der Waals surface area contributed by atoms with Gasteiger partial charge in [0.05, 0.1) is 21.5 Å². The molecule has 0 aliphatic carbocycles. The maximum atomic E-state index is 13.7. The number of nitrogens with one attached hydrogen (secondary N) is 1. The van der Waals surface area contributed by atoms with Crippen molar-refractivity contribution < 1.29 is 26.9 Å². The van der Waals surface area contributed by atoms with E-state index in [2.05, 4.69) is 5.32 Å². The molecule has 1 N–H and O–H groups in total. The molecule has 0 spiro atoms. The van der Waals surface area contributed by atoms with Crippen molar-refractivity contribution in [3.63, 3.8) is 0 Å². The van der Waals surface area contributed by atoms with Gasteiger partial charge in [0, 0.05) is 44.4 Å². The van der Waals surface area contributed by atoms with Crippen LogP contribution in [0.3, 0.4) is 0 Å². The number of amides is 1. The summed E-state index contributed by atoms with van der Waals surface area (Å²) in [4.78, 5) is 24.2. The van der Waals surface area contributed by atoms with Gasteiger partial charge in [0.15, 0.2) is 0 Å². The minimum atomic E-state index is -3.94. The summed E-state index contributed by atoms with van der Waals surface area (Å²) in [6.45, 7) is 2.15. The molecule has 1 unspecified atom stereocenters. The van der Waals surface area contributed by atoms with Crippen LogP contribution in [0.5, 0.6) is 0 Å². The van der Waals surface area contributed by atoms with Gasteiger partial charge in [0.25, 0.3) is 5.69 Å². The van der Waals surface area contributed by atoms with Gasteiger partial charge in [-0.25, -0.2) is 17.2 Å². The summed E-state index contributed by atoms with van der Waals surface area (Å²) in [6.07, 6.45) is 0. The van der Waals surface area contributed by atoms with E-state index in [9.17, 15) is 32.1 Å². The summed E-state index contributed by atoms with van der Waals surface area (Å²) >= 11 is 0. The van der Waals surface area contributed by atoms with Crippen molar-refractivity contribution in [2.24, 2.45) is 0 Å². The maximum Gasteiger partial charge on any atom is 0.270 e. The number of rotatable bonds is 6. The maximum absolute atomic E-state index is 13.7. The topological polar surface area (TPSA) is 113 Å². The Labute approximate surface area is 177 Å². The number of hydrogen-bond donors (Lipinski definition) is 1. The van der Waals surface area contributed by atoms with Crippen LogP contribution in [-0.4, -0.2) is 60.7 Å². The molecule has 0 aromatic heterocycles. The van der Waals surface area contributed by atoms with E-state index >= 15 is 0 Å². The number of anilines is 1. The first kappa shape index (κ1) is 22.7. The number of carbonyl (C=O) groups excluding carboxylic acids is 1. The van der Waals surface area contributed by atoms with E-state index in [4.69, 9.17) is 0 Å². The number of hydrogen-bond acceptors (Lipinski definition) is 6. The zero-order valence-corrected chi connectivity index (χ0v) is 17.3. The molecule has 1 aliphatic rings. The SMILES string of the molecule is CC(C(=O)Nc1cc(F)ccc1F)N1CCN(S(=O)(=O)c2cccc([N+](=O)[O-])c2)CC1. The van der Waals surface area contributed by atoms with Crippen molar-refractivity contribution >= 4 is 27.3 Å². The van der Waals surface area contributed by atoms with Gasteiger partial charge in [-0.05, 0) is 25.1 Å². The Balaban J connectivity index is 1.64. The highest BCUT2D eigenvalue weighted by Gasteiger charge is 2.32. The highest BCUT2D eigenvalue weighted by atomic mass is 32.2. The molecule has 0 bridgehead atoms. The largest absolute Gasteiger partial charge is 0.322 e. The number of non-ortho nitro benzene ring substituents is 1. The first-order chi connectivity index (χ1) is 14.6. The van der Waals surface area contributed by atoms with E-state index in [1.54, 1.807) is 11.8 Å². The van der Waals surface area contributed by atoms with E-state index in [-0.39, 0.29) is 42.4 Å². The second-order valence-electron chi connectivity index (χ2n) is 6.98. The van der Waals surface area contributed by atoms with Crippen LogP contribution in [-0.2, 0) is 14.8 Å². The Kier molecular flexibility index (Phi) is 6.62. The molecular weight excluding hydrogens is 434 g/mol. The Hall–Kier alpha value is -2.96. The zero-order valence-electron chi connectivity index (χ0n) is 16.5. The number of halogens is 2. The molecule has 1 saturated heterocycles. The second kappa shape index (κ2) is 9.04. The molecule has 2 aromatic carbocycles. The van der Waals surface area contributed by atoms with Crippen molar-refractivity contribution in [2.45, 2.75) is 17.9 Å². The van der Waals surface area contributed by atoms with Crippen LogP contribution in [0.15, 0.2) is 47.4 Å². The van der Waals surface area contributed by atoms with Gasteiger partial charge in [-0.15, -0.1) is 0 Å². The molecule has 2 aromatic rings. The van der Waals surface area contributed by atoms with E-state index in [1.165, 1.54) is 22.5 Å². The second-order valence-corrected chi connectivity index (χ2v) is 8.92. The first-order valence-electron chi connectivity index (χ1n) is 9.34. The molecular formula is C19H20F2N4O5S. The highest BCUT2D eigenvalue weighted by molar-refractivity contribution is 7.89. The third kappa shape index (κ3) is 5.03. The predicted octanol–water partition coefficient (Wildman–Crippen LogP) is 2.21. The summed E-state index contributed by atoms with van der Waals surface area (Å²) in [7, 11) is -3.94. The lowest BCUT2D eigenvalue weighted by Gasteiger charge is -2.36. The van der Waals surface area contributed by atoms with Crippen LogP contribution in [0.25, 0.3) is 0 Å². The minimum absolute atomic E-state index is 0.0664. The van der Waals surface area contributed by atoms with Crippen LogP contribution in [0.1, 0.15) is 6.92 Å². The van der Waals surface area contributed by atoms with Crippen molar-refractivity contribution in [3.05, 3.63) is 64.2 Å². The molecule has 0 saturated carbocycles. The summed E-state index contributed by atoms with van der Waals surface area (Å²) in [5, 5.41) is 13.3. The molecule has 12 heteroatoms. The summed E-state index contributed by atoms with van der Waals surface area (Å²) < 4.78 is 53.9. The predicted molar refractivity (Wildman–Crippen MR) is 108 cm³/mol. The standard InChI is InChI=1S/C19H20F2N4O5S/c1-13(19(26)22-18-11-14(20)5-6-17(18)21)23-7-9-24(10-8-23)31(29,30)16-4-2-3-15(12-16)25(27)28/h2-6,11-13H,7-10H2,1H3,(H,22,26). The Bertz CT molecular complexity index is 1100. The van der Waals surface area contributed by atoms with Crippen LogP contribution >= 0.6 is 0 Å². The van der Waals surface area contributed by atoms with Crippen LogP contribution in [0.2, 0.25) is 0 Å². The summed E-state index contributed by atoms with van der Waals surface area (Å²) in [5.41, 5.74) is -0.599. The average molecular weight is 454 g/mol. The molecule has 31 heavy (non-hydrogen) atoms. The number of piperazine rings is 1. The first-order valence-corrected chi connectivity index (χ1v) is 10.8. The molecule has 0 radical (unpaired) electrons. The van der Waals surface area contributed by atoms with Crippen LogP contribution in [0.4, 0.5) is 20.2 Å². The van der Waals surface area contributed by atoms with Crippen LogP contribution in [0, 0.1) is 21.7 Å². The summed E-state index contributed by atoms with van der Waals surface area (Å²) in [5.74, 6) is -2.02. The van der Waals surface area contributed by atoms with Crippen molar-refractivity contribution in [1.82, 2.24) is 9.21 Å². The van der Waals surface area contributed by atoms with Gasteiger partial charge < -0.3 is 5.32 Å². The molecule has 9 nitrogen and oxygen atoms in total. The Morgan fingerprint density at radius 3 is 2.45 bits per heavy atom. The average Bonchev–Trinajstić information content (AvgIpc) is 2.75. The lowest BCUT2D eigenvalue weighted by atomic mass is 10.2.